The minimum absolute atomic E-state index is 0.0478. The van der Waals surface area contributed by atoms with Gasteiger partial charge in [-0.05, 0) is 51.0 Å². The molecule has 1 aromatic rings. The minimum atomic E-state index is -0.388. The van der Waals surface area contributed by atoms with Crippen molar-refractivity contribution in [3.63, 3.8) is 0 Å². The second-order valence-corrected chi connectivity index (χ2v) is 4.90. The summed E-state index contributed by atoms with van der Waals surface area (Å²) in [6.45, 7) is 7.54. The summed E-state index contributed by atoms with van der Waals surface area (Å²) in [5.41, 5.74) is 5.07. The summed E-state index contributed by atoms with van der Waals surface area (Å²) in [4.78, 5) is 22.9. The first-order valence-corrected chi connectivity index (χ1v) is 7.10. The van der Waals surface area contributed by atoms with Crippen LogP contribution < -0.4 is 10.2 Å². The molecular formula is C16H22N2O4. The van der Waals surface area contributed by atoms with Crippen molar-refractivity contribution in [2.75, 3.05) is 13.2 Å². The van der Waals surface area contributed by atoms with Gasteiger partial charge in [0.1, 0.15) is 5.75 Å². The van der Waals surface area contributed by atoms with Crippen LogP contribution in [0.1, 0.15) is 31.4 Å². The van der Waals surface area contributed by atoms with Gasteiger partial charge in [0.05, 0.1) is 13.0 Å². The number of amides is 1. The Morgan fingerprint density at radius 1 is 1.23 bits per heavy atom. The molecule has 1 rings (SSSR count). The van der Waals surface area contributed by atoms with E-state index in [0.29, 0.717) is 18.1 Å². The fourth-order valence-corrected chi connectivity index (χ4v) is 1.60. The third kappa shape index (κ3) is 6.39. The molecule has 6 heteroatoms. The van der Waals surface area contributed by atoms with Crippen molar-refractivity contribution in [1.82, 2.24) is 5.43 Å². The zero-order chi connectivity index (χ0) is 16.5. The molecule has 0 saturated heterocycles. The lowest BCUT2D eigenvalue weighted by atomic mass is 10.1. The van der Waals surface area contributed by atoms with Crippen LogP contribution in [0.3, 0.4) is 0 Å². The number of carbonyl (C=O) groups excluding carboxylic acids is 2. The molecule has 0 aromatic heterocycles. The predicted octanol–water partition coefficient (Wildman–Crippen LogP) is 2.13. The molecule has 0 spiro atoms. The highest BCUT2D eigenvalue weighted by Gasteiger charge is 2.06. The number of ether oxygens (including phenoxy) is 2. The molecular weight excluding hydrogens is 284 g/mol. The lowest BCUT2D eigenvalue weighted by Gasteiger charge is -2.07. The summed E-state index contributed by atoms with van der Waals surface area (Å²) in [6, 6.07) is 5.62. The van der Waals surface area contributed by atoms with Crippen LogP contribution in [0, 0.1) is 13.8 Å². The topological polar surface area (TPSA) is 77.0 Å². The molecule has 0 bridgehead atoms. The number of hydrogen-bond donors (Lipinski definition) is 1. The summed E-state index contributed by atoms with van der Waals surface area (Å²) in [7, 11) is 0. The quantitative estimate of drug-likeness (QED) is 0.475. The first-order chi connectivity index (χ1) is 10.4. The van der Waals surface area contributed by atoms with Gasteiger partial charge in [0, 0.05) is 5.71 Å². The van der Waals surface area contributed by atoms with Gasteiger partial charge in [-0.3, -0.25) is 9.59 Å². The molecule has 1 amide bonds. The molecule has 22 heavy (non-hydrogen) atoms. The van der Waals surface area contributed by atoms with E-state index in [4.69, 9.17) is 9.47 Å². The maximum Gasteiger partial charge on any atom is 0.311 e. The van der Waals surface area contributed by atoms with Gasteiger partial charge in [-0.2, -0.15) is 5.10 Å². The van der Waals surface area contributed by atoms with Gasteiger partial charge in [-0.25, -0.2) is 5.43 Å². The van der Waals surface area contributed by atoms with E-state index < -0.39 is 0 Å². The number of carbonyl (C=O) groups is 2. The Hall–Kier alpha value is -2.37. The monoisotopic (exact) mass is 306 g/mol. The van der Waals surface area contributed by atoms with Crippen LogP contribution in [0.25, 0.3) is 0 Å². The number of rotatable bonds is 7. The zero-order valence-corrected chi connectivity index (χ0v) is 13.4. The Labute approximate surface area is 130 Å². The number of aryl methyl sites for hydroxylation is 2. The van der Waals surface area contributed by atoms with E-state index in [0.717, 1.165) is 11.1 Å². The highest BCUT2D eigenvalue weighted by Crippen LogP contribution is 2.16. The summed E-state index contributed by atoms with van der Waals surface area (Å²) in [6.07, 6.45) is 0.0478. The molecule has 0 heterocycles. The van der Waals surface area contributed by atoms with Crippen molar-refractivity contribution in [2.45, 2.75) is 34.1 Å². The van der Waals surface area contributed by atoms with Crippen LogP contribution in [0.15, 0.2) is 23.3 Å². The second kappa shape index (κ2) is 8.81. The van der Waals surface area contributed by atoms with Crippen LogP contribution in [-0.2, 0) is 14.3 Å². The molecule has 1 N–H and O–H groups in total. The SMILES string of the molecule is CCOC(=O)C/C(C)=N/NC(=O)COc1ccc(C)c(C)c1. The molecule has 120 valence electrons. The van der Waals surface area contributed by atoms with E-state index in [1.807, 2.05) is 32.0 Å². The van der Waals surface area contributed by atoms with Gasteiger partial charge in [-0.15, -0.1) is 0 Å². The van der Waals surface area contributed by atoms with Gasteiger partial charge >= 0.3 is 5.97 Å². The van der Waals surface area contributed by atoms with Crippen molar-refractivity contribution in [1.29, 1.82) is 0 Å². The summed E-state index contributed by atoms with van der Waals surface area (Å²) < 4.78 is 10.2. The molecule has 0 radical (unpaired) electrons. The molecule has 6 nitrogen and oxygen atoms in total. The first-order valence-electron chi connectivity index (χ1n) is 7.10. The maximum atomic E-state index is 11.6. The van der Waals surface area contributed by atoms with Gasteiger partial charge in [0.2, 0.25) is 0 Å². The summed E-state index contributed by atoms with van der Waals surface area (Å²) in [5.74, 6) is -0.128. The Balaban J connectivity index is 2.39. The lowest BCUT2D eigenvalue weighted by molar-refractivity contribution is -0.141. The van der Waals surface area contributed by atoms with E-state index in [1.54, 1.807) is 13.8 Å². The van der Waals surface area contributed by atoms with Crippen molar-refractivity contribution >= 4 is 17.6 Å². The highest BCUT2D eigenvalue weighted by molar-refractivity contribution is 5.98. The molecule has 1 aromatic carbocycles. The van der Waals surface area contributed by atoms with Crippen molar-refractivity contribution in [3.8, 4) is 5.75 Å². The minimum Gasteiger partial charge on any atom is -0.484 e. The van der Waals surface area contributed by atoms with E-state index in [1.165, 1.54) is 0 Å². The van der Waals surface area contributed by atoms with Gasteiger partial charge in [0.15, 0.2) is 6.61 Å². The lowest BCUT2D eigenvalue weighted by Crippen LogP contribution is -2.26. The van der Waals surface area contributed by atoms with Gasteiger partial charge < -0.3 is 9.47 Å². The number of hydrogen-bond acceptors (Lipinski definition) is 5. The normalized spacial score (nSPS) is 11.0. The van der Waals surface area contributed by atoms with Crippen LogP contribution in [-0.4, -0.2) is 30.8 Å². The van der Waals surface area contributed by atoms with Gasteiger partial charge in [0.25, 0.3) is 5.91 Å². The van der Waals surface area contributed by atoms with Crippen molar-refractivity contribution < 1.29 is 19.1 Å². The molecule has 0 fully saturated rings. The number of nitrogens with zero attached hydrogens (tertiary/aromatic N) is 1. The average molecular weight is 306 g/mol. The molecule has 0 atom stereocenters. The Morgan fingerprint density at radius 3 is 2.59 bits per heavy atom. The maximum absolute atomic E-state index is 11.6. The Bertz CT molecular complexity index is 567. The third-order valence-corrected chi connectivity index (χ3v) is 2.93. The van der Waals surface area contributed by atoms with Crippen LogP contribution >= 0.6 is 0 Å². The summed E-state index contributed by atoms with van der Waals surface area (Å²) >= 11 is 0. The van der Waals surface area contributed by atoms with Crippen molar-refractivity contribution in [3.05, 3.63) is 29.3 Å². The molecule has 0 saturated carbocycles. The zero-order valence-electron chi connectivity index (χ0n) is 13.4. The molecule has 0 aliphatic rings. The highest BCUT2D eigenvalue weighted by atomic mass is 16.5. The van der Waals surface area contributed by atoms with Crippen molar-refractivity contribution in [2.24, 2.45) is 5.10 Å². The predicted molar refractivity (Wildman–Crippen MR) is 83.9 cm³/mol. The molecule has 0 aliphatic heterocycles. The number of benzene rings is 1. The number of esters is 1. The standard InChI is InChI=1S/C16H22N2O4/c1-5-21-16(20)9-13(4)17-18-15(19)10-22-14-7-6-11(2)12(3)8-14/h6-8H,5,9-10H2,1-4H3,(H,18,19)/b17-13+. The van der Waals surface area contributed by atoms with E-state index in [2.05, 4.69) is 10.5 Å². The average Bonchev–Trinajstić information content (AvgIpc) is 2.46. The fourth-order valence-electron chi connectivity index (χ4n) is 1.60. The molecule has 0 aliphatic carbocycles. The largest absolute Gasteiger partial charge is 0.484 e. The van der Waals surface area contributed by atoms with Crippen LogP contribution in [0.2, 0.25) is 0 Å². The van der Waals surface area contributed by atoms with E-state index in [-0.39, 0.29) is 24.9 Å². The van der Waals surface area contributed by atoms with Crippen LogP contribution in [0.5, 0.6) is 5.75 Å². The van der Waals surface area contributed by atoms with Crippen LogP contribution in [0.4, 0.5) is 0 Å². The number of hydrazone groups is 1. The Morgan fingerprint density at radius 2 is 1.95 bits per heavy atom. The second-order valence-electron chi connectivity index (χ2n) is 4.90. The Kier molecular flexibility index (Phi) is 7.08. The molecule has 0 unspecified atom stereocenters. The summed E-state index contributed by atoms with van der Waals surface area (Å²) in [5, 5.41) is 3.83. The van der Waals surface area contributed by atoms with E-state index in [9.17, 15) is 9.59 Å². The fraction of sp³-hybridized carbons (Fsp3) is 0.438. The third-order valence-electron chi connectivity index (χ3n) is 2.93. The smallest absolute Gasteiger partial charge is 0.311 e. The first kappa shape index (κ1) is 17.7. The van der Waals surface area contributed by atoms with Gasteiger partial charge in [-0.1, -0.05) is 6.07 Å². The van der Waals surface area contributed by atoms with E-state index >= 15 is 0 Å². The number of nitrogens with one attached hydrogen (secondary N) is 1.